The van der Waals surface area contributed by atoms with E-state index in [2.05, 4.69) is 39.0 Å². The van der Waals surface area contributed by atoms with E-state index in [4.69, 9.17) is 4.43 Å². The summed E-state index contributed by atoms with van der Waals surface area (Å²) >= 11 is 0. The maximum atomic E-state index is 5.84. The van der Waals surface area contributed by atoms with E-state index in [9.17, 15) is 0 Å². The van der Waals surface area contributed by atoms with Crippen molar-refractivity contribution >= 4 is 10.5 Å². The molecule has 1 aromatic carbocycles. The average Bonchev–Trinajstić information content (AvgIpc) is 2.39. The molecule has 0 bridgehead atoms. The first-order valence-electron chi connectivity index (χ1n) is 7.41. The zero-order chi connectivity index (χ0) is 13.4. The van der Waals surface area contributed by atoms with Crippen molar-refractivity contribution in [3.05, 3.63) is 34.9 Å². The van der Waals surface area contributed by atoms with Crippen molar-refractivity contribution in [2.75, 3.05) is 0 Å². The Balaban J connectivity index is 3.10. The second-order valence-electron chi connectivity index (χ2n) is 5.00. The molecule has 0 radical (unpaired) electrons. The Labute approximate surface area is 115 Å². The topological polar surface area (TPSA) is 9.23 Å². The lowest BCUT2D eigenvalue weighted by Gasteiger charge is -2.21. The Bertz CT molecular complexity index is 349. The second-order valence-corrected chi connectivity index (χ2v) is 5.47. The van der Waals surface area contributed by atoms with E-state index in [1.165, 1.54) is 43.2 Å². The lowest BCUT2D eigenvalue weighted by Crippen LogP contribution is -2.08. The molecule has 0 amide bonds. The predicted octanol–water partition coefficient (Wildman–Crippen LogP) is 3.73. The van der Waals surface area contributed by atoms with Crippen molar-refractivity contribution in [3.63, 3.8) is 0 Å². The van der Waals surface area contributed by atoms with Crippen LogP contribution in [0.15, 0.2) is 18.2 Å². The second kappa shape index (κ2) is 8.49. The zero-order valence-corrected chi connectivity index (χ0v) is 14.5. The molecule has 0 aliphatic rings. The maximum Gasteiger partial charge on any atom is 0.146 e. The summed E-state index contributed by atoms with van der Waals surface area (Å²) in [6.07, 6.45) is 7.50. The largest absolute Gasteiger partial charge is 0.421 e. The van der Waals surface area contributed by atoms with Gasteiger partial charge in [-0.05, 0) is 36.0 Å². The molecule has 2 heteroatoms. The molecule has 0 heterocycles. The van der Waals surface area contributed by atoms with Crippen LogP contribution >= 0.6 is 0 Å². The standard InChI is InChI=1S/C16H28OSi/c1-4-8-13-11-7-12-15(14(13)9-5-2)16(17-18)10-6-3/h7,11-12,16H,4-6,8-10H2,1-3,18H3. The molecule has 102 valence electrons. The molecule has 0 aliphatic carbocycles. The van der Waals surface area contributed by atoms with Gasteiger partial charge in [0.05, 0.1) is 6.10 Å². The molecule has 0 aromatic heterocycles. The highest BCUT2D eigenvalue weighted by atomic mass is 28.2. The maximum absolute atomic E-state index is 5.84. The van der Waals surface area contributed by atoms with Crippen LogP contribution in [0.5, 0.6) is 0 Å². The van der Waals surface area contributed by atoms with Gasteiger partial charge in [-0.15, -0.1) is 0 Å². The van der Waals surface area contributed by atoms with Crippen LogP contribution in [0.4, 0.5) is 0 Å². The Hall–Kier alpha value is -0.603. The van der Waals surface area contributed by atoms with Crippen molar-refractivity contribution in [2.45, 2.75) is 65.4 Å². The Morgan fingerprint density at radius 3 is 2.33 bits per heavy atom. The Morgan fingerprint density at radius 2 is 1.78 bits per heavy atom. The summed E-state index contributed by atoms with van der Waals surface area (Å²) in [5.74, 6) is 0. The fraction of sp³-hybridized carbons (Fsp3) is 0.625. The third-order valence-electron chi connectivity index (χ3n) is 3.51. The van der Waals surface area contributed by atoms with Gasteiger partial charge in [0, 0.05) is 0 Å². The van der Waals surface area contributed by atoms with Gasteiger partial charge in [-0.1, -0.05) is 58.2 Å². The zero-order valence-electron chi connectivity index (χ0n) is 12.5. The normalized spacial score (nSPS) is 12.8. The molecule has 1 unspecified atom stereocenters. The van der Waals surface area contributed by atoms with E-state index in [1.54, 1.807) is 5.56 Å². The van der Waals surface area contributed by atoms with Gasteiger partial charge in [0.25, 0.3) is 0 Å². The van der Waals surface area contributed by atoms with Gasteiger partial charge in [-0.25, -0.2) is 0 Å². The van der Waals surface area contributed by atoms with Crippen LogP contribution in [-0.4, -0.2) is 10.5 Å². The van der Waals surface area contributed by atoms with Gasteiger partial charge in [0.1, 0.15) is 10.5 Å². The molecule has 1 atom stereocenters. The third-order valence-corrected chi connectivity index (χ3v) is 4.08. The van der Waals surface area contributed by atoms with E-state index in [-0.39, 0.29) is 0 Å². The van der Waals surface area contributed by atoms with E-state index in [0.717, 1.165) is 16.9 Å². The summed E-state index contributed by atoms with van der Waals surface area (Å²) in [5.41, 5.74) is 4.56. The van der Waals surface area contributed by atoms with Crippen LogP contribution < -0.4 is 0 Å². The molecule has 0 saturated carbocycles. The quantitative estimate of drug-likeness (QED) is 0.650. The lowest BCUT2D eigenvalue weighted by molar-refractivity contribution is 0.212. The fourth-order valence-corrected chi connectivity index (χ4v) is 3.17. The summed E-state index contributed by atoms with van der Waals surface area (Å²) in [7, 11) is 0.824. The Kier molecular flexibility index (Phi) is 7.29. The molecule has 1 nitrogen and oxygen atoms in total. The minimum atomic E-state index is 0.333. The van der Waals surface area contributed by atoms with E-state index < -0.39 is 0 Å². The molecule has 0 saturated heterocycles. The van der Waals surface area contributed by atoms with Crippen molar-refractivity contribution in [1.82, 2.24) is 0 Å². The van der Waals surface area contributed by atoms with Crippen LogP contribution in [0, 0.1) is 0 Å². The minimum absolute atomic E-state index is 0.333. The predicted molar refractivity (Wildman–Crippen MR) is 83.1 cm³/mol. The average molecular weight is 264 g/mol. The van der Waals surface area contributed by atoms with Crippen molar-refractivity contribution in [1.29, 1.82) is 0 Å². The molecular formula is C16H28OSi. The van der Waals surface area contributed by atoms with E-state index in [1.807, 2.05) is 0 Å². The SMILES string of the molecule is CCCc1cccc(C(CCC)O[SiH3])c1CCC. The van der Waals surface area contributed by atoms with Gasteiger partial charge in [-0.2, -0.15) is 0 Å². The minimum Gasteiger partial charge on any atom is -0.421 e. The highest BCUT2D eigenvalue weighted by Gasteiger charge is 2.15. The van der Waals surface area contributed by atoms with Crippen LogP contribution in [0.1, 0.15) is 69.2 Å². The number of hydrogen-bond acceptors (Lipinski definition) is 1. The number of benzene rings is 1. The molecule has 1 aromatic rings. The highest BCUT2D eigenvalue weighted by molar-refractivity contribution is 5.98. The van der Waals surface area contributed by atoms with Crippen LogP contribution in [0.3, 0.4) is 0 Å². The number of aryl methyl sites for hydroxylation is 1. The smallest absolute Gasteiger partial charge is 0.146 e. The van der Waals surface area contributed by atoms with Crippen LogP contribution in [-0.2, 0) is 17.3 Å². The Morgan fingerprint density at radius 1 is 1.06 bits per heavy atom. The van der Waals surface area contributed by atoms with Gasteiger partial charge in [-0.3, -0.25) is 0 Å². The molecule has 1 rings (SSSR count). The molecule has 0 N–H and O–H groups in total. The van der Waals surface area contributed by atoms with Crippen molar-refractivity contribution in [3.8, 4) is 0 Å². The van der Waals surface area contributed by atoms with Gasteiger partial charge in [0.15, 0.2) is 0 Å². The monoisotopic (exact) mass is 264 g/mol. The van der Waals surface area contributed by atoms with Crippen molar-refractivity contribution < 1.29 is 4.43 Å². The molecular weight excluding hydrogens is 236 g/mol. The molecule has 0 spiro atoms. The number of hydrogen-bond donors (Lipinski definition) is 0. The van der Waals surface area contributed by atoms with E-state index in [0.29, 0.717) is 6.10 Å². The fourth-order valence-electron chi connectivity index (χ4n) is 2.68. The first kappa shape index (κ1) is 15.5. The van der Waals surface area contributed by atoms with Crippen molar-refractivity contribution in [2.24, 2.45) is 0 Å². The first-order chi connectivity index (χ1) is 8.78. The third kappa shape index (κ3) is 3.96. The summed E-state index contributed by atoms with van der Waals surface area (Å²) in [4.78, 5) is 0. The summed E-state index contributed by atoms with van der Waals surface area (Å²) in [5, 5.41) is 0. The number of rotatable bonds is 8. The lowest BCUT2D eigenvalue weighted by atomic mass is 9.90. The molecule has 0 aliphatic heterocycles. The summed E-state index contributed by atoms with van der Waals surface area (Å²) < 4.78 is 5.84. The van der Waals surface area contributed by atoms with Gasteiger partial charge in [0.2, 0.25) is 0 Å². The van der Waals surface area contributed by atoms with E-state index >= 15 is 0 Å². The summed E-state index contributed by atoms with van der Waals surface area (Å²) in [6, 6.07) is 6.79. The van der Waals surface area contributed by atoms with Crippen LogP contribution in [0.2, 0.25) is 0 Å². The van der Waals surface area contributed by atoms with Gasteiger partial charge >= 0.3 is 0 Å². The summed E-state index contributed by atoms with van der Waals surface area (Å²) in [6.45, 7) is 6.76. The van der Waals surface area contributed by atoms with Gasteiger partial charge < -0.3 is 4.43 Å². The highest BCUT2D eigenvalue weighted by Crippen LogP contribution is 2.29. The van der Waals surface area contributed by atoms with Crippen LogP contribution in [0.25, 0.3) is 0 Å². The molecule has 0 fully saturated rings. The molecule has 18 heavy (non-hydrogen) atoms. The first-order valence-corrected chi connectivity index (χ1v) is 8.23.